The minimum atomic E-state index is 0.0775. The third-order valence-electron chi connectivity index (χ3n) is 4.22. The van der Waals surface area contributed by atoms with Crippen molar-refractivity contribution in [2.24, 2.45) is 5.92 Å². The van der Waals surface area contributed by atoms with E-state index in [9.17, 15) is 9.59 Å². The van der Waals surface area contributed by atoms with Crippen molar-refractivity contribution in [3.8, 4) is 0 Å². The molecule has 4 nitrogen and oxygen atoms in total. The molecule has 0 bridgehead atoms. The summed E-state index contributed by atoms with van der Waals surface area (Å²) in [5, 5.41) is 3.04. The second-order valence-corrected chi connectivity index (χ2v) is 6.08. The number of benzene rings is 1. The number of fused-ring (bicyclic) bond motifs is 1. The first-order chi connectivity index (χ1) is 9.63. The molecule has 1 aromatic carbocycles. The van der Waals surface area contributed by atoms with E-state index in [4.69, 9.17) is 0 Å². The second kappa shape index (κ2) is 5.48. The molecule has 0 spiro atoms. The molecule has 5 heteroatoms. The van der Waals surface area contributed by atoms with Crippen molar-refractivity contribution in [3.63, 3.8) is 0 Å². The standard InChI is InChI=1S/C15H18N2O2S/c18-14-6-3-11-9-17(8-7-13(11)16-14)15(19)10-1-4-12(20)5-2-10/h1-2,4-5,11,13,20H,3,6-9H2,(H,16,18). The highest BCUT2D eigenvalue weighted by atomic mass is 32.1. The Bertz CT molecular complexity index is 529. The third kappa shape index (κ3) is 2.68. The van der Waals surface area contributed by atoms with Crippen LogP contribution in [0.2, 0.25) is 0 Å². The monoisotopic (exact) mass is 290 g/mol. The number of nitrogens with one attached hydrogen (secondary N) is 1. The fourth-order valence-electron chi connectivity index (χ4n) is 3.08. The molecule has 2 saturated heterocycles. The van der Waals surface area contributed by atoms with Crippen molar-refractivity contribution >= 4 is 24.4 Å². The average Bonchev–Trinajstić information content (AvgIpc) is 2.47. The molecule has 0 radical (unpaired) electrons. The Labute approximate surface area is 123 Å². The number of likely N-dealkylation sites (tertiary alicyclic amines) is 1. The van der Waals surface area contributed by atoms with Crippen LogP contribution in [-0.2, 0) is 4.79 Å². The van der Waals surface area contributed by atoms with Crippen molar-refractivity contribution in [1.29, 1.82) is 0 Å². The molecule has 1 aromatic rings. The summed E-state index contributed by atoms with van der Waals surface area (Å²) in [7, 11) is 0. The molecule has 2 fully saturated rings. The minimum Gasteiger partial charge on any atom is -0.353 e. The summed E-state index contributed by atoms with van der Waals surface area (Å²) < 4.78 is 0. The zero-order valence-electron chi connectivity index (χ0n) is 11.2. The molecule has 2 amide bonds. The quantitative estimate of drug-likeness (QED) is 0.774. The number of nitrogens with zero attached hydrogens (tertiary/aromatic N) is 1. The highest BCUT2D eigenvalue weighted by Crippen LogP contribution is 2.26. The first-order valence-corrected chi connectivity index (χ1v) is 7.46. The molecule has 2 atom stereocenters. The van der Waals surface area contributed by atoms with Gasteiger partial charge in [0.15, 0.2) is 0 Å². The van der Waals surface area contributed by atoms with Crippen molar-refractivity contribution in [2.45, 2.75) is 30.2 Å². The molecule has 0 aliphatic carbocycles. The van der Waals surface area contributed by atoms with Crippen molar-refractivity contribution in [1.82, 2.24) is 10.2 Å². The first kappa shape index (κ1) is 13.5. The predicted octanol–water partition coefficient (Wildman–Crippen LogP) is 1.72. The van der Waals surface area contributed by atoms with Crippen LogP contribution in [0.5, 0.6) is 0 Å². The van der Waals surface area contributed by atoms with E-state index < -0.39 is 0 Å². The molecule has 0 saturated carbocycles. The summed E-state index contributed by atoms with van der Waals surface area (Å²) in [6.07, 6.45) is 2.32. The highest BCUT2D eigenvalue weighted by Gasteiger charge is 2.35. The van der Waals surface area contributed by atoms with Gasteiger partial charge in [0.05, 0.1) is 0 Å². The number of hydrogen-bond acceptors (Lipinski definition) is 3. The normalized spacial score (nSPS) is 25.9. The zero-order chi connectivity index (χ0) is 14.1. The Morgan fingerprint density at radius 1 is 1.25 bits per heavy atom. The van der Waals surface area contributed by atoms with E-state index >= 15 is 0 Å². The van der Waals surface area contributed by atoms with Crippen LogP contribution in [0.15, 0.2) is 29.2 Å². The molecule has 2 unspecified atom stereocenters. The summed E-state index contributed by atoms with van der Waals surface area (Å²) in [6.45, 7) is 1.45. The summed E-state index contributed by atoms with van der Waals surface area (Å²) >= 11 is 4.23. The van der Waals surface area contributed by atoms with Crippen molar-refractivity contribution < 1.29 is 9.59 Å². The maximum atomic E-state index is 12.5. The maximum absolute atomic E-state index is 12.5. The lowest BCUT2D eigenvalue weighted by molar-refractivity contribution is -0.125. The van der Waals surface area contributed by atoms with E-state index in [-0.39, 0.29) is 17.9 Å². The number of carbonyl (C=O) groups excluding carboxylic acids is 2. The van der Waals surface area contributed by atoms with E-state index in [1.807, 2.05) is 29.2 Å². The zero-order valence-corrected chi connectivity index (χ0v) is 12.1. The van der Waals surface area contributed by atoms with Crippen LogP contribution < -0.4 is 5.32 Å². The van der Waals surface area contributed by atoms with Gasteiger partial charge in [-0.3, -0.25) is 9.59 Å². The van der Waals surface area contributed by atoms with Crippen LogP contribution in [-0.4, -0.2) is 35.8 Å². The summed E-state index contributed by atoms with van der Waals surface area (Å²) in [6, 6.07) is 7.56. The Balaban J connectivity index is 1.68. The lowest BCUT2D eigenvalue weighted by atomic mass is 9.85. The van der Waals surface area contributed by atoms with E-state index in [2.05, 4.69) is 17.9 Å². The van der Waals surface area contributed by atoms with Crippen LogP contribution >= 0.6 is 12.6 Å². The number of amides is 2. The molecule has 2 aliphatic rings. The van der Waals surface area contributed by atoms with Crippen molar-refractivity contribution in [3.05, 3.63) is 29.8 Å². The fourth-order valence-corrected chi connectivity index (χ4v) is 3.23. The minimum absolute atomic E-state index is 0.0775. The lowest BCUT2D eigenvalue weighted by Gasteiger charge is -2.41. The van der Waals surface area contributed by atoms with Gasteiger partial charge in [0.2, 0.25) is 5.91 Å². The van der Waals surface area contributed by atoms with Gasteiger partial charge >= 0.3 is 0 Å². The molecular weight excluding hydrogens is 272 g/mol. The Kier molecular flexibility index (Phi) is 3.70. The van der Waals surface area contributed by atoms with Gasteiger partial charge in [-0.2, -0.15) is 0 Å². The summed E-state index contributed by atoms with van der Waals surface area (Å²) in [4.78, 5) is 26.6. The summed E-state index contributed by atoms with van der Waals surface area (Å²) in [5.41, 5.74) is 0.709. The molecule has 106 valence electrons. The molecule has 2 heterocycles. The van der Waals surface area contributed by atoms with Crippen molar-refractivity contribution in [2.75, 3.05) is 13.1 Å². The molecule has 3 rings (SSSR count). The van der Waals surface area contributed by atoms with Gasteiger partial charge in [0, 0.05) is 36.0 Å². The molecule has 20 heavy (non-hydrogen) atoms. The van der Waals surface area contributed by atoms with Crippen LogP contribution in [0.4, 0.5) is 0 Å². The number of thiol groups is 1. The average molecular weight is 290 g/mol. The Morgan fingerprint density at radius 2 is 2.00 bits per heavy atom. The molecule has 0 aromatic heterocycles. The number of rotatable bonds is 1. The van der Waals surface area contributed by atoms with Gasteiger partial charge in [-0.05, 0) is 43.0 Å². The van der Waals surface area contributed by atoms with Gasteiger partial charge in [-0.15, -0.1) is 12.6 Å². The van der Waals surface area contributed by atoms with E-state index in [1.54, 1.807) is 0 Å². The topological polar surface area (TPSA) is 49.4 Å². The van der Waals surface area contributed by atoms with Crippen LogP contribution in [0.3, 0.4) is 0 Å². The Hall–Kier alpha value is -1.49. The third-order valence-corrected chi connectivity index (χ3v) is 4.52. The van der Waals surface area contributed by atoms with E-state index in [0.29, 0.717) is 24.4 Å². The second-order valence-electron chi connectivity index (χ2n) is 5.56. The smallest absolute Gasteiger partial charge is 0.253 e. The van der Waals surface area contributed by atoms with Gasteiger partial charge in [-0.25, -0.2) is 0 Å². The first-order valence-electron chi connectivity index (χ1n) is 7.01. The predicted molar refractivity (Wildman–Crippen MR) is 78.9 cm³/mol. The fraction of sp³-hybridized carbons (Fsp3) is 0.467. The van der Waals surface area contributed by atoms with Gasteiger partial charge in [0.1, 0.15) is 0 Å². The molecular formula is C15H18N2O2S. The van der Waals surface area contributed by atoms with Crippen LogP contribution in [0, 0.1) is 5.92 Å². The summed E-state index contributed by atoms with van der Waals surface area (Å²) in [5.74, 6) is 0.624. The van der Waals surface area contributed by atoms with E-state index in [1.165, 1.54) is 0 Å². The largest absolute Gasteiger partial charge is 0.353 e. The lowest BCUT2D eigenvalue weighted by Crippen LogP contribution is -2.55. The molecule has 2 aliphatic heterocycles. The van der Waals surface area contributed by atoms with E-state index in [0.717, 1.165) is 24.3 Å². The van der Waals surface area contributed by atoms with Crippen LogP contribution in [0.1, 0.15) is 29.6 Å². The Morgan fingerprint density at radius 3 is 2.75 bits per heavy atom. The van der Waals surface area contributed by atoms with Crippen LogP contribution in [0.25, 0.3) is 0 Å². The number of carbonyl (C=O) groups is 2. The SMILES string of the molecule is O=C1CCC2CN(C(=O)c3ccc(S)cc3)CCC2N1. The highest BCUT2D eigenvalue weighted by molar-refractivity contribution is 7.80. The maximum Gasteiger partial charge on any atom is 0.253 e. The number of hydrogen-bond donors (Lipinski definition) is 2. The van der Waals surface area contributed by atoms with Gasteiger partial charge in [-0.1, -0.05) is 0 Å². The van der Waals surface area contributed by atoms with Gasteiger partial charge < -0.3 is 10.2 Å². The number of piperidine rings is 2. The van der Waals surface area contributed by atoms with Gasteiger partial charge in [0.25, 0.3) is 5.91 Å². The molecule has 1 N–H and O–H groups in total.